The predicted molar refractivity (Wildman–Crippen MR) is 65.0 cm³/mol. The molecule has 5 nitrogen and oxygen atoms in total. The molecule has 2 aromatic rings. The van der Waals surface area contributed by atoms with Crippen molar-refractivity contribution in [2.45, 2.75) is 0 Å². The topological polar surface area (TPSA) is 61.3 Å². The van der Waals surface area contributed by atoms with E-state index in [0.29, 0.717) is 22.8 Å². The largest absolute Gasteiger partial charge is 0.497 e. The molecular formula is C13H12N2O3. The summed E-state index contributed by atoms with van der Waals surface area (Å²) in [6.07, 6.45) is 2.85. The van der Waals surface area contributed by atoms with Crippen LogP contribution in [0.1, 0.15) is 16.1 Å². The van der Waals surface area contributed by atoms with E-state index in [9.17, 15) is 4.79 Å². The molecule has 0 atom stereocenters. The molecule has 0 saturated carbocycles. The van der Waals surface area contributed by atoms with Crippen LogP contribution in [-0.2, 0) is 0 Å². The number of hydrogen-bond acceptors (Lipinski definition) is 5. The summed E-state index contributed by atoms with van der Waals surface area (Å²) in [7, 11) is 3.05. The second-order valence-electron chi connectivity index (χ2n) is 3.49. The van der Waals surface area contributed by atoms with Gasteiger partial charge in [-0.05, 0) is 24.3 Å². The van der Waals surface area contributed by atoms with Gasteiger partial charge in [0.2, 0.25) is 5.78 Å². The monoisotopic (exact) mass is 244 g/mol. The van der Waals surface area contributed by atoms with Gasteiger partial charge in [0.1, 0.15) is 23.5 Å². The average molecular weight is 244 g/mol. The normalized spacial score (nSPS) is 9.89. The lowest BCUT2D eigenvalue weighted by Gasteiger charge is -2.09. The SMILES string of the molecule is COc1ccc(OC)c(C(=O)c2ccncn2)c1. The average Bonchev–Trinajstić information content (AvgIpc) is 2.46. The summed E-state index contributed by atoms with van der Waals surface area (Å²) >= 11 is 0. The number of aromatic nitrogens is 2. The Hall–Kier alpha value is -2.43. The van der Waals surface area contributed by atoms with Crippen LogP contribution in [0, 0.1) is 0 Å². The standard InChI is InChI=1S/C13H12N2O3/c1-17-9-3-4-12(18-2)10(7-9)13(16)11-5-6-14-8-15-11/h3-8H,1-2H3. The molecule has 5 heteroatoms. The molecule has 0 unspecified atom stereocenters. The summed E-state index contributed by atoms with van der Waals surface area (Å²) < 4.78 is 10.3. The number of carbonyl (C=O) groups excluding carboxylic acids is 1. The highest BCUT2D eigenvalue weighted by Crippen LogP contribution is 2.25. The lowest BCUT2D eigenvalue weighted by Crippen LogP contribution is -2.06. The van der Waals surface area contributed by atoms with Gasteiger partial charge in [-0.25, -0.2) is 9.97 Å². The third kappa shape index (κ3) is 2.29. The van der Waals surface area contributed by atoms with E-state index < -0.39 is 0 Å². The van der Waals surface area contributed by atoms with Crippen molar-refractivity contribution >= 4 is 5.78 Å². The number of benzene rings is 1. The number of nitrogens with zero attached hydrogens (tertiary/aromatic N) is 2. The molecule has 0 aliphatic rings. The first-order valence-electron chi connectivity index (χ1n) is 5.29. The quantitative estimate of drug-likeness (QED) is 0.766. The Morgan fingerprint density at radius 1 is 1.17 bits per heavy atom. The highest BCUT2D eigenvalue weighted by atomic mass is 16.5. The number of rotatable bonds is 4. The van der Waals surface area contributed by atoms with E-state index in [2.05, 4.69) is 9.97 Å². The maximum absolute atomic E-state index is 12.3. The first-order chi connectivity index (χ1) is 8.76. The zero-order valence-electron chi connectivity index (χ0n) is 10.1. The minimum Gasteiger partial charge on any atom is -0.497 e. The molecule has 2 rings (SSSR count). The fourth-order valence-electron chi connectivity index (χ4n) is 1.55. The number of carbonyl (C=O) groups is 1. The van der Waals surface area contributed by atoms with E-state index in [-0.39, 0.29) is 5.78 Å². The van der Waals surface area contributed by atoms with Crippen LogP contribution in [0.15, 0.2) is 36.8 Å². The molecule has 1 heterocycles. The lowest BCUT2D eigenvalue weighted by molar-refractivity contribution is 0.103. The fourth-order valence-corrected chi connectivity index (χ4v) is 1.55. The molecule has 0 N–H and O–H groups in total. The Morgan fingerprint density at radius 3 is 2.61 bits per heavy atom. The second-order valence-corrected chi connectivity index (χ2v) is 3.49. The molecule has 92 valence electrons. The van der Waals surface area contributed by atoms with Gasteiger partial charge in [0.05, 0.1) is 19.8 Å². The van der Waals surface area contributed by atoms with Crippen LogP contribution in [0.4, 0.5) is 0 Å². The van der Waals surface area contributed by atoms with Crippen molar-refractivity contribution in [3.63, 3.8) is 0 Å². The molecule has 18 heavy (non-hydrogen) atoms. The summed E-state index contributed by atoms with van der Waals surface area (Å²) in [5, 5.41) is 0. The lowest BCUT2D eigenvalue weighted by atomic mass is 10.1. The maximum atomic E-state index is 12.3. The van der Waals surface area contributed by atoms with Crippen LogP contribution in [0.5, 0.6) is 11.5 Å². The first-order valence-corrected chi connectivity index (χ1v) is 5.29. The van der Waals surface area contributed by atoms with E-state index in [0.717, 1.165) is 0 Å². The third-order valence-electron chi connectivity index (χ3n) is 2.47. The molecule has 0 aliphatic carbocycles. The smallest absolute Gasteiger partial charge is 0.215 e. The van der Waals surface area contributed by atoms with Crippen LogP contribution in [0.2, 0.25) is 0 Å². The molecular weight excluding hydrogens is 232 g/mol. The summed E-state index contributed by atoms with van der Waals surface area (Å²) in [6, 6.07) is 6.60. The Kier molecular flexibility index (Phi) is 3.52. The molecule has 0 fully saturated rings. The van der Waals surface area contributed by atoms with E-state index >= 15 is 0 Å². The Bertz CT molecular complexity index is 555. The number of ketones is 1. The molecule has 0 bridgehead atoms. The van der Waals surface area contributed by atoms with Crippen LogP contribution in [0.25, 0.3) is 0 Å². The molecule has 0 saturated heterocycles. The van der Waals surface area contributed by atoms with Gasteiger partial charge in [0.25, 0.3) is 0 Å². The highest BCUT2D eigenvalue weighted by Gasteiger charge is 2.16. The molecule has 0 radical (unpaired) electrons. The fraction of sp³-hybridized carbons (Fsp3) is 0.154. The van der Waals surface area contributed by atoms with Gasteiger partial charge in [-0.3, -0.25) is 4.79 Å². The van der Waals surface area contributed by atoms with Crippen molar-refractivity contribution in [2.75, 3.05) is 14.2 Å². The zero-order valence-corrected chi connectivity index (χ0v) is 10.1. The third-order valence-corrected chi connectivity index (χ3v) is 2.47. The molecule has 0 amide bonds. The van der Waals surface area contributed by atoms with Crippen molar-refractivity contribution < 1.29 is 14.3 Å². The van der Waals surface area contributed by atoms with E-state index in [1.807, 2.05) is 0 Å². The van der Waals surface area contributed by atoms with Gasteiger partial charge in [-0.15, -0.1) is 0 Å². The van der Waals surface area contributed by atoms with Crippen molar-refractivity contribution in [3.05, 3.63) is 48.0 Å². The van der Waals surface area contributed by atoms with Crippen LogP contribution in [-0.4, -0.2) is 30.0 Å². The van der Waals surface area contributed by atoms with Gasteiger partial charge in [-0.2, -0.15) is 0 Å². The maximum Gasteiger partial charge on any atom is 0.215 e. The van der Waals surface area contributed by atoms with E-state index in [1.54, 1.807) is 31.4 Å². The number of methoxy groups -OCH3 is 2. The summed E-state index contributed by atoms with van der Waals surface area (Å²) in [5.74, 6) is 0.848. The van der Waals surface area contributed by atoms with Crippen LogP contribution in [0.3, 0.4) is 0 Å². The minimum absolute atomic E-state index is 0.229. The molecule has 1 aromatic carbocycles. The second kappa shape index (κ2) is 5.27. The van der Waals surface area contributed by atoms with Crippen molar-refractivity contribution in [1.82, 2.24) is 9.97 Å². The van der Waals surface area contributed by atoms with Crippen LogP contribution >= 0.6 is 0 Å². The Morgan fingerprint density at radius 2 is 2.00 bits per heavy atom. The zero-order chi connectivity index (χ0) is 13.0. The van der Waals surface area contributed by atoms with Gasteiger partial charge in [-0.1, -0.05) is 0 Å². The highest BCUT2D eigenvalue weighted by molar-refractivity contribution is 6.09. The number of ether oxygens (including phenoxy) is 2. The first kappa shape index (κ1) is 12.0. The summed E-state index contributed by atoms with van der Waals surface area (Å²) in [5.41, 5.74) is 0.729. The van der Waals surface area contributed by atoms with Crippen LogP contribution < -0.4 is 9.47 Å². The van der Waals surface area contributed by atoms with Gasteiger partial charge < -0.3 is 9.47 Å². The van der Waals surface area contributed by atoms with Crippen molar-refractivity contribution in [3.8, 4) is 11.5 Å². The summed E-state index contributed by atoms with van der Waals surface area (Å²) in [4.78, 5) is 20.0. The Labute approximate surface area is 104 Å². The number of hydrogen-bond donors (Lipinski definition) is 0. The van der Waals surface area contributed by atoms with E-state index in [4.69, 9.17) is 9.47 Å². The van der Waals surface area contributed by atoms with Crippen molar-refractivity contribution in [2.24, 2.45) is 0 Å². The van der Waals surface area contributed by atoms with E-state index in [1.165, 1.54) is 19.6 Å². The van der Waals surface area contributed by atoms with Gasteiger partial charge >= 0.3 is 0 Å². The van der Waals surface area contributed by atoms with Gasteiger partial charge in [0, 0.05) is 6.20 Å². The molecule has 1 aromatic heterocycles. The molecule has 0 spiro atoms. The minimum atomic E-state index is -0.229. The molecule has 0 aliphatic heterocycles. The van der Waals surface area contributed by atoms with Gasteiger partial charge in [0.15, 0.2) is 0 Å². The van der Waals surface area contributed by atoms with Crippen molar-refractivity contribution in [1.29, 1.82) is 0 Å². The predicted octanol–water partition coefficient (Wildman–Crippen LogP) is 1.72. The summed E-state index contributed by atoms with van der Waals surface area (Å²) in [6.45, 7) is 0. The Balaban J connectivity index is 2.46.